The van der Waals surface area contributed by atoms with Gasteiger partial charge < -0.3 is 9.84 Å². The largest absolute Gasteiger partial charge is 0.497 e. The number of allylic oxidation sites excluding steroid dienone is 2. The van der Waals surface area contributed by atoms with E-state index in [1.54, 1.807) is 19.3 Å². The molecule has 3 heteroatoms. The van der Waals surface area contributed by atoms with Crippen LogP contribution < -0.4 is 4.74 Å². The number of aliphatic carboxylic acids is 1. The van der Waals surface area contributed by atoms with E-state index in [1.807, 2.05) is 19.1 Å². The lowest BCUT2D eigenvalue weighted by Crippen LogP contribution is -1.89. The Morgan fingerprint density at radius 1 is 1.29 bits per heavy atom. The molecule has 21 heavy (non-hydrogen) atoms. The summed E-state index contributed by atoms with van der Waals surface area (Å²) in [4.78, 5) is 10.3. The topological polar surface area (TPSA) is 46.5 Å². The van der Waals surface area contributed by atoms with E-state index in [0.29, 0.717) is 0 Å². The minimum Gasteiger partial charge on any atom is -0.497 e. The molecular formula is C18H22O3. The monoisotopic (exact) mass is 286 g/mol. The number of ether oxygens (including phenoxy) is 1. The zero-order chi connectivity index (χ0) is 15.2. The molecule has 3 rings (SSSR count). The molecule has 2 aliphatic rings. The van der Waals surface area contributed by atoms with Crippen LogP contribution in [0.4, 0.5) is 0 Å². The molecule has 2 aliphatic carbocycles. The molecule has 1 fully saturated rings. The van der Waals surface area contributed by atoms with E-state index in [9.17, 15) is 4.79 Å². The maximum absolute atomic E-state index is 10.3. The zero-order valence-electron chi connectivity index (χ0n) is 12.6. The van der Waals surface area contributed by atoms with E-state index in [4.69, 9.17) is 9.84 Å². The van der Waals surface area contributed by atoms with Gasteiger partial charge in [-0.15, -0.1) is 0 Å². The van der Waals surface area contributed by atoms with Gasteiger partial charge in [0.1, 0.15) is 5.75 Å². The first-order valence-electron chi connectivity index (χ1n) is 7.32. The number of carboxylic acid groups (broad SMARTS) is 1. The first kappa shape index (κ1) is 15.4. The van der Waals surface area contributed by atoms with Crippen molar-refractivity contribution in [2.45, 2.75) is 26.2 Å². The van der Waals surface area contributed by atoms with Crippen LogP contribution >= 0.6 is 0 Å². The molecule has 0 radical (unpaired) electrons. The van der Waals surface area contributed by atoms with Gasteiger partial charge in [0.05, 0.1) is 7.11 Å². The average molecular weight is 286 g/mol. The highest BCUT2D eigenvalue weighted by atomic mass is 16.5. The van der Waals surface area contributed by atoms with E-state index >= 15 is 0 Å². The molecule has 0 aliphatic heterocycles. The van der Waals surface area contributed by atoms with Crippen LogP contribution in [0.2, 0.25) is 0 Å². The number of aryl methyl sites for hydroxylation is 1. The fraction of sp³-hybridized carbons (Fsp3) is 0.389. The predicted octanol–water partition coefficient (Wildman–Crippen LogP) is 4.07. The van der Waals surface area contributed by atoms with E-state index in [2.05, 4.69) is 12.2 Å². The van der Waals surface area contributed by atoms with Gasteiger partial charge in [-0.2, -0.15) is 0 Å². The maximum atomic E-state index is 10.3. The van der Waals surface area contributed by atoms with Crippen molar-refractivity contribution >= 4 is 12.0 Å². The normalized spacial score (nSPS) is 22.2. The van der Waals surface area contributed by atoms with E-state index in [1.165, 1.54) is 19.3 Å². The summed E-state index contributed by atoms with van der Waals surface area (Å²) in [5.41, 5.74) is 1.87. The smallest absolute Gasteiger partial charge is 0.328 e. The fourth-order valence-corrected chi connectivity index (χ4v) is 2.80. The van der Waals surface area contributed by atoms with Crippen LogP contribution in [-0.4, -0.2) is 18.2 Å². The molecule has 2 unspecified atom stereocenters. The highest BCUT2D eigenvalue weighted by Gasteiger charge is 2.25. The van der Waals surface area contributed by atoms with Crippen LogP contribution in [0.15, 0.2) is 36.4 Å². The summed E-state index contributed by atoms with van der Waals surface area (Å²) in [6, 6.07) is 5.53. The van der Waals surface area contributed by atoms with Gasteiger partial charge in [0.2, 0.25) is 0 Å². The molecule has 0 aromatic heterocycles. The van der Waals surface area contributed by atoms with Crippen molar-refractivity contribution in [2.24, 2.45) is 11.8 Å². The van der Waals surface area contributed by atoms with Gasteiger partial charge >= 0.3 is 5.97 Å². The highest BCUT2D eigenvalue weighted by Crippen LogP contribution is 2.38. The van der Waals surface area contributed by atoms with E-state index < -0.39 is 5.97 Å². The minimum absolute atomic E-state index is 0.723. The predicted molar refractivity (Wildman–Crippen MR) is 84.4 cm³/mol. The molecular weight excluding hydrogens is 264 g/mol. The summed E-state index contributed by atoms with van der Waals surface area (Å²) >= 11 is 0. The van der Waals surface area contributed by atoms with Crippen LogP contribution in [0.1, 0.15) is 30.4 Å². The molecule has 3 nitrogen and oxygen atoms in total. The summed E-state index contributed by atoms with van der Waals surface area (Å²) in [7, 11) is 1.58. The van der Waals surface area contributed by atoms with Gasteiger partial charge in [-0.3, -0.25) is 0 Å². The van der Waals surface area contributed by atoms with Crippen LogP contribution in [0.5, 0.6) is 5.75 Å². The standard InChI is InChI=1S/C11H12O3.C7H10/c1-8-3-5-10(14-2)7-9(8)4-6-11(12)13;1-2-7-4-3-6(1)5-7/h3-7H,1-2H3,(H,12,13);1-2,6-7H,3-5H2. The van der Waals surface area contributed by atoms with Crippen LogP contribution in [-0.2, 0) is 4.79 Å². The highest BCUT2D eigenvalue weighted by molar-refractivity contribution is 5.85. The SMILES string of the molecule is C1=CC2CCC1C2.COc1ccc(C)c(C=CC(=O)O)c1. The zero-order valence-corrected chi connectivity index (χ0v) is 12.6. The van der Waals surface area contributed by atoms with Crippen molar-refractivity contribution in [3.05, 3.63) is 47.6 Å². The van der Waals surface area contributed by atoms with Crippen LogP contribution in [0.3, 0.4) is 0 Å². The third-order valence-corrected chi connectivity index (χ3v) is 4.06. The van der Waals surface area contributed by atoms with E-state index in [-0.39, 0.29) is 0 Å². The Morgan fingerprint density at radius 2 is 1.95 bits per heavy atom. The van der Waals surface area contributed by atoms with Gasteiger partial charge in [0, 0.05) is 6.08 Å². The number of fused-ring (bicyclic) bond motifs is 2. The quantitative estimate of drug-likeness (QED) is 0.673. The Labute approximate surface area is 125 Å². The first-order chi connectivity index (χ1) is 10.1. The van der Waals surface area contributed by atoms with Gasteiger partial charge in [0.25, 0.3) is 0 Å². The second-order valence-corrected chi connectivity index (χ2v) is 5.61. The van der Waals surface area contributed by atoms with Crippen molar-refractivity contribution in [2.75, 3.05) is 7.11 Å². The number of methoxy groups -OCH3 is 1. The Bertz CT molecular complexity index is 546. The molecule has 0 spiro atoms. The van der Waals surface area contributed by atoms with Crippen molar-refractivity contribution in [3.63, 3.8) is 0 Å². The lowest BCUT2D eigenvalue weighted by atomic mass is 10.1. The number of benzene rings is 1. The van der Waals surface area contributed by atoms with Gasteiger partial charge in [-0.05, 0) is 67.4 Å². The molecule has 1 aromatic rings. The molecule has 0 heterocycles. The Morgan fingerprint density at radius 3 is 2.38 bits per heavy atom. The molecule has 1 aromatic carbocycles. The Balaban J connectivity index is 0.000000189. The number of carbonyl (C=O) groups is 1. The maximum Gasteiger partial charge on any atom is 0.328 e. The third-order valence-electron chi connectivity index (χ3n) is 4.06. The number of carboxylic acids is 1. The molecule has 2 bridgehead atoms. The first-order valence-corrected chi connectivity index (χ1v) is 7.32. The third kappa shape index (κ3) is 4.48. The average Bonchev–Trinajstić information content (AvgIpc) is 3.12. The van der Waals surface area contributed by atoms with Gasteiger partial charge in [-0.1, -0.05) is 18.2 Å². The Kier molecular flexibility index (Phi) is 5.20. The lowest BCUT2D eigenvalue weighted by Gasteiger charge is -2.03. The molecule has 112 valence electrons. The molecule has 2 atom stereocenters. The van der Waals surface area contributed by atoms with Crippen molar-refractivity contribution in [1.29, 1.82) is 0 Å². The van der Waals surface area contributed by atoms with Crippen LogP contribution in [0, 0.1) is 18.8 Å². The number of hydrogen-bond acceptors (Lipinski definition) is 2. The molecule has 1 N–H and O–H groups in total. The lowest BCUT2D eigenvalue weighted by molar-refractivity contribution is -0.131. The fourth-order valence-electron chi connectivity index (χ4n) is 2.80. The summed E-state index contributed by atoms with van der Waals surface area (Å²) < 4.78 is 5.04. The van der Waals surface area contributed by atoms with Crippen molar-refractivity contribution in [3.8, 4) is 5.75 Å². The number of rotatable bonds is 3. The van der Waals surface area contributed by atoms with Crippen molar-refractivity contribution < 1.29 is 14.6 Å². The van der Waals surface area contributed by atoms with E-state index in [0.717, 1.165) is 34.8 Å². The van der Waals surface area contributed by atoms with Gasteiger partial charge in [-0.25, -0.2) is 4.79 Å². The number of hydrogen-bond donors (Lipinski definition) is 1. The summed E-state index contributed by atoms with van der Waals surface area (Å²) in [6.45, 7) is 1.92. The summed E-state index contributed by atoms with van der Waals surface area (Å²) in [5.74, 6) is 1.75. The van der Waals surface area contributed by atoms with Gasteiger partial charge in [0.15, 0.2) is 0 Å². The molecule has 0 amide bonds. The van der Waals surface area contributed by atoms with Crippen molar-refractivity contribution in [1.82, 2.24) is 0 Å². The molecule has 1 saturated carbocycles. The minimum atomic E-state index is -0.952. The Hall–Kier alpha value is -2.03. The van der Waals surface area contributed by atoms with Crippen LogP contribution in [0.25, 0.3) is 6.08 Å². The second-order valence-electron chi connectivity index (χ2n) is 5.61. The summed E-state index contributed by atoms with van der Waals surface area (Å²) in [6.07, 6.45) is 11.9. The summed E-state index contributed by atoms with van der Waals surface area (Å²) in [5, 5.41) is 8.47. The molecule has 0 saturated heterocycles. The second kappa shape index (κ2) is 7.11.